The molecule has 2 aromatic heterocycles. The zero-order valence-electron chi connectivity index (χ0n) is 22.3. The molecule has 1 aliphatic rings. The average Bonchev–Trinajstić information content (AvgIpc) is 2.97. The number of nitrogens with one attached hydrogen (secondary N) is 2. The van der Waals surface area contributed by atoms with E-state index in [0.717, 1.165) is 48.7 Å². The summed E-state index contributed by atoms with van der Waals surface area (Å²) < 4.78 is 53.3. The Morgan fingerprint density at radius 3 is 2.48 bits per heavy atom. The molecule has 5 rings (SSSR count). The van der Waals surface area contributed by atoms with Gasteiger partial charge >= 0.3 is 6.18 Å². The average molecular weight is 581 g/mol. The molecule has 2 aromatic carbocycles. The van der Waals surface area contributed by atoms with E-state index in [1.165, 1.54) is 12.1 Å². The van der Waals surface area contributed by atoms with Gasteiger partial charge in [-0.2, -0.15) is 13.2 Å². The second-order valence-electron chi connectivity index (χ2n) is 9.94. The molecule has 0 spiro atoms. The van der Waals surface area contributed by atoms with Crippen molar-refractivity contribution in [1.82, 2.24) is 15.0 Å². The molecule has 4 aromatic rings. The topological polar surface area (TPSA) is 135 Å². The number of pyridine rings is 1. The molecule has 1 aliphatic heterocycles. The quantitative estimate of drug-likeness (QED) is 0.223. The lowest BCUT2D eigenvalue weighted by atomic mass is 10.1. The zero-order valence-corrected chi connectivity index (χ0v) is 22.3. The number of nitrogen functional groups attached to an aromatic ring is 1. The largest absolute Gasteiger partial charge is 0.417 e. The number of piperidine rings is 1. The summed E-state index contributed by atoms with van der Waals surface area (Å²) in [5, 5.41) is 5.42. The lowest BCUT2D eigenvalue weighted by Gasteiger charge is -2.32. The third-order valence-corrected chi connectivity index (χ3v) is 6.81. The van der Waals surface area contributed by atoms with Gasteiger partial charge in [0.25, 0.3) is 5.91 Å². The first-order valence-electron chi connectivity index (χ1n) is 13.2. The Balaban J connectivity index is 1.32. The van der Waals surface area contributed by atoms with Crippen LogP contribution in [0.5, 0.6) is 0 Å². The van der Waals surface area contributed by atoms with E-state index in [9.17, 15) is 22.4 Å². The summed E-state index contributed by atoms with van der Waals surface area (Å²) in [6.07, 6.45) is -0.559. The maximum absolute atomic E-state index is 13.4. The number of carbonyl (C=O) groups excluding carboxylic acids is 1. The van der Waals surface area contributed by atoms with E-state index in [4.69, 9.17) is 16.5 Å². The van der Waals surface area contributed by atoms with Crippen LogP contribution in [0.25, 0.3) is 11.3 Å². The van der Waals surface area contributed by atoms with Gasteiger partial charge in [0, 0.05) is 43.1 Å². The number of hydrogen-bond acceptors (Lipinski definition) is 8. The van der Waals surface area contributed by atoms with E-state index in [-0.39, 0.29) is 29.7 Å². The molecule has 1 fully saturated rings. The zero-order chi connectivity index (χ0) is 29.9. The highest BCUT2D eigenvalue weighted by molar-refractivity contribution is 6.07. The minimum atomic E-state index is -4.70. The number of amides is 1. The van der Waals surface area contributed by atoms with Gasteiger partial charge in [0.05, 0.1) is 23.0 Å². The number of alkyl halides is 3. The highest BCUT2D eigenvalue weighted by Gasteiger charge is 2.32. The van der Waals surface area contributed by atoms with Crippen LogP contribution in [0.3, 0.4) is 0 Å². The highest BCUT2D eigenvalue weighted by atomic mass is 19.4. The summed E-state index contributed by atoms with van der Waals surface area (Å²) in [6, 6.07) is 12.9. The van der Waals surface area contributed by atoms with E-state index in [1.54, 1.807) is 6.20 Å². The number of aromatic nitrogens is 3. The van der Waals surface area contributed by atoms with E-state index in [0.29, 0.717) is 30.1 Å². The second-order valence-corrected chi connectivity index (χ2v) is 9.94. The number of carbonyl (C=O) groups is 1. The van der Waals surface area contributed by atoms with Crippen molar-refractivity contribution in [3.63, 3.8) is 0 Å². The number of hydrogen-bond donors (Lipinski definition) is 4. The van der Waals surface area contributed by atoms with Gasteiger partial charge in [-0.25, -0.2) is 19.3 Å². The van der Waals surface area contributed by atoms with Crippen molar-refractivity contribution in [3.05, 3.63) is 89.5 Å². The van der Waals surface area contributed by atoms with Crippen molar-refractivity contribution in [3.8, 4) is 11.3 Å². The van der Waals surface area contributed by atoms with Crippen molar-refractivity contribution < 1.29 is 22.4 Å². The molecule has 0 aliphatic carbocycles. The Morgan fingerprint density at radius 2 is 1.79 bits per heavy atom. The molecule has 6 N–H and O–H groups in total. The molecule has 9 nitrogen and oxygen atoms in total. The second kappa shape index (κ2) is 12.0. The minimum absolute atomic E-state index is 0.0412. The monoisotopic (exact) mass is 580 g/mol. The van der Waals surface area contributed by atoms with Crippen LogP contribution in [-0.2, 0) is 12.7 Å². The minimum Gasteiger partial charge on any atom is -0.381 e. The first kappa shape index (κ1) is 28.7. The van der Waals surface area contributed by atoms with E-state index in [2.05, 4.69) is 20.6 Å². The SMILES string of the molecule is Nc1ncc(-c2ccc(CNc3ncc(C(F)(F)F)cc3C(=O)Nc3ccc(F)cc3)cc2)nc1N1CCCC(N)C1. The number of halogens is 4. The summed E-state index contributed by atoms with van der Waals surface area (Å²) in [5.74, 6) is -0.464. The smallest absolute Gasteiger partial charge is 0.381 e. The van der Waals surface area contributed by atoms with Crippen LogP contribution in [0.1, 0.15) is 34.3 Å². The predicted molar refractivity (Wildman–Crippen MR) is 152 cm³/mol. The van der Waals surface area contributed by atoms with Crippen molar-refractivity contribution in [1.29, 1.82) is 0 Å². The summed E-state index contributed by atoms with van der Waals surface area (Å²) in [7, 11) is 0. The summed E-state index contributed by atoms with van der Waals surface area (Å²) >= 11 is 0. The third-order valence-electron chi connectivity index (χ3n) is 6.81. The summed E-state index contributed by atoms with van der Waals surface area (Å²) in [6.45, 7) is 1.61. The van der Waals surface area contributed by atoms with Crippen LogP contribution < -0.4 is 27.0 Å². The van der Waals surface area contributed by atoms with Crippen LogP contribution in [0, 0.1) is 5.82 Å². The lowest BCUT2D eigenvalue weighted by molar-refractivity contribution is -0.137. The molecule has 0 bridgehead atoms. The molecular weight excluding hydrogens is 552 g/mol. The predicted octanol–water partition coefficient (Wildman–Crippen LogP) is 5.07. The Morgan fingerprint density at radius 1 is 1.05 bits per heavy atom. The molecule has 1 unspecified atom stereocenters. The maximum atomic E-state index is 13.4. The van der Waals surface area contributed by atoms with Gasteiger partial charge in [0.15, 0.2) is 11.6 Å². The fourth-order valence-corrected chi connectivity index (χ4v) is 4.61. The van der Waals surface area contributed by atoms with Crippen LogP contribution in [-0.4, -0.2) is 40.0 Å². The van der Waals surface area contributed by atoms with Crippen molar-refractivity contribution in [2.45, 2.75) is 31.6 Å². The summed E-state index contributed by atoms with van der Waals surface area (Å²) in [5.41, 5.74) is 13.2. The van der Waals surface area contributed by atoms with Gasteiger partial charge in [-0.15, -0.1) is 0 Å². The third kappa shape index (κ3) is 6.74. The first-order chi connectivity index (χ1) is 20.1. The lowest BCUT2D eigenvalue weighted by Crippen LogP contribution is -2.43. The highest BCUT2D eigenvalue weighted by Crippen LogP contribution is 2.31. The van der Waals surface area contributed by atoms with Gasteiger partial charge in [-0.1, -0.05) is 24.3 Å². The van der Waals surface area contributed by atoms with Crippen LogP contribution in [0.4, 0.5) is 40.7 Å². The Kier molecular flexibility index (Phi) is 8.20. The van der Waals surface area contributed by atoms with Crippen molar-refractivity contribution >= 4 is 29.0 Å². The Bertz CT molecular complexity index is 1560. The summed E-state index contributed by atoms with van der Waals surface area (Å²) in [4.78, 5) is 27.9. The molecule has 0 radical (unpaired) electrons. The van der Waals surface area contributed by atoms with E-state index >= 15 is 0 Å². The molecule has 1 atom stereocenters. The normalized spacial score (nSPS) is 15.4. The van der Waals surface area contributed by atoms with E-state index in [1.807, 2.05) is 29.2 Å². The number of nitrogens with zero attached hydrogens (tertiary/aromatic N) is 4. The van der Waals surface area contributed by atoms with Crippen LogP contribution in [0.2, 0.25) is 0 Å². The van der Waals surface area contributed by atoms with Crippen LogP contribution >= 0.6 is 0 Å². The van der Waals surface area contributed by atoms with Crippen molar-refractivity contribution in [2.75, 3.05) is 34.4 Å². The molecule has 13 heteroatoms. The molecule has 3 heterocycles. The van der Waals surface area contributed by atoms with Gasteiger partial charge in [-0.05, 0) is 48.7 Å². The number of rotatable bonds is 7. The Labute approximate surface area is 239 Å². The number of nitrogens with two attached hydrogens (primary N) is 2. The molecule has 1 amide bonds. The first-order valence-corrected chi connectivity index (χ1v) is 13.2. The molecular formula is C29H28F4N8O. The van der Waals surface area contributed by atoms with Gasteiger partial charge in [0.2, 0.25) is 0 Å². The van der Waals surface area contributed by atoms with Gasteiger partial charge < -0.3 is 27.0 Å². The molecule has 0 saturated carbocycles. The Hall–Kier alpha value is -4.78. The molecule has 1 saturated heterocycles. The molecule has 218 valence electrons. The van der Waals surface area contributed by atoms with Crippen molar-refractivity contribution in [2.24, 2.45) is 5.73 Å². The fraction of sp³-hybridized carbons (Fsp3) is 0.241. The van der Waals surface area contributed by atoms with Crippen LogP contribution in [0.15, 0.2) is 67.0 Å². The fourth-order valence-electron chi connectivity index (χ4n) is 4.61. The van der Waals surface area contributed by atoms with E-state index < -0.39 is 23.5 Å². The van der Waals surface area contributed by atoms with Gasteiger partial charge in [-0.3, -0.25) is 4.79 Å². The number of benzene rings is 2. The standard InChI is InChI=1S/C29H28F4N8O/c30-20-7-9-22(10-8-20)39-28(42)23-12-19(29(31,32)33)14-38-26(23)37-13-17-3-5-18(6-4-17)24-15-36-25(35)27(40-24)41-11-1-2-21(34)16-41/h3-10,12,14-15,21H,1-2,11,13,16,34H2,(H2,35,36)(H,37,38)(H,39,42). The maximum Gasteiger partial charge on any atom is 0.417 e. The molecule has 42 heavy (non-hydrogen) atoms. The number of anilines is 4. The van der Waals surface area contributed by atoms with Gasteiger partial charge in [0.1, 0.15) is 11.6 Å².